The van der Waals surface area contributed by atoms with E-state index in [1.807, 2.05) is 6.92 Å². The molecule has 0 saturated carbocycles. The van der Waals surface area contributed by atoms with Crippen molar-refractivity contribution in [2.24, 2.45) is 5.92 Å². The molecule has 1 saturated heterocycles. The fourth-order valence-corrected chi connectivity index (χ4v) is 1.54. The van der Waals surface area contributed by atoms with Crippen molar-refractivity contribution in [1.29, 1.82) is 0 Å². The molecule has 2 rings (SSSR count). The first-order valence-corrected chi connectivity index (χ1v) is 4.92. The zero-order chi connectivity index (χ0) is 11.7. The minimum Gasteiger partial charge on any atom is -0.481 e. The Hall–Kier alpha value is -1.99. The van der Waals surface area contributed by atoms with Gasteiger partial charge in [-0.2, -0.15) is 4.80 Å². The van der Waals surface area contributed by atoms with Crippen LogP contribution in [0.5, 0.6) is 0 Å². The van der Waals surface area contributed by atoms with Gasteiger partial charge in [0.25, 0.3) is 5.95 Å². The average Bonchev–Trinajstić information content (AvgIpc) is 2.83. The molecule has 2 heterocycles. The van der Waals surface area contributed by atoms with Crippen LogP contribution in [0.15, 0.2) is 0 Å². The van der Waals surface area contributed by atoms with E-state index in [1.54, 1.807) is 0 Å². The van der Waals surface area contributed by atoms with Crippen LogP contribution < -0.4 is 4.90 Å². The van der Waals surface area contributed by atoms with Gasteiger partial charge in [-0.15, -0.1) is 5.10 Å². The highest BCUT2D eigenvalue weighted by atomic mass is 16.4. The van der Waals surface area contributed by atoms with Crippen LogP contribution in [0.3, 0.4) is 0 Å². The van der Waals surface area contributed by atoms with E-state index in [-0.39, 0.29) is 24.8 Å². The van der Waals surface area contributed by atoms with Gasteiger partial charge < -0.3 is 5.11 Å². The molecule has 1 aromatic rings. The maximum atomic E-state index is 11.5. The Kier molecular flexibility index (Phi) is 2.55. The number of carboxylic acid groups (broad SMARTS) is 1. The number of aliphatic carboxylic acids is 1. The summed E-state index contributed by atoms with van der Waals surface area (Å²) in [6, 6.07) is 0. The van der Waals surface area contributed by atoms with Crippen LogP contribution in [0, 0.1) is 5.92 Å². The summed E-state index contributed by atoms with van der Waals surface area (Å²) in [6.07, 6.45) is -0.00397. The highest BCUT2D eigenvalue weighted by molar-refractivity contribution is 5.97. The van der Waals surface area contributed by atoms with Gasteiger partial charge in [0.05, 0.1) is 12.5 Å². The molecule has 1 fully saturated rings. The Morgan fingerprint density at radius 3 is 2.88 bits per heavy atom. The van der Waals surface area contributed by atoms with Crippen molar-refractivity contribution in [3.05, 3.63) is 0 Å². The Morgan fingerprint density at radius 1 is 1.62 bits per heavy atom. The maximum Gasteiger partial charge on any atom is 0.308 e. The van der Waals surface area contributed by atoms with Crippen LogP contribution in [0.2, 0.25) is 0 Å². The predicted molar refractivity (Wildman–Crippen MR) is 51.6 cm³/mol. The van der Waals surface area contributed by atoms with Crippen molar-refractivity contribution in [1.82, 2.24) is 20.2 Å². The molecule has 8 nitrogen and oxygen atoms in total. The molecule has 1 aromatic heterocycles. The first-order valence-electron chi connectivity index (χ1n) is 4.92. The van der Waals surface area contributed by atoms with Gasteiger partial charge >= 0.3 is 5.97 Å². The Morgan fingerprint density at radius 2 is 2.38 bits per heavy atom. The van der Waals surface area contributed by atoms with Gasteiger partial charge in [0, 0.05) is 13.0 Å². The summed E-state index contributed by atoms with van der Waals surface area (Å²) in [7, 11) is 0. The molecule has 0 radical (unpaired) electrons. The number of rotatable bonds is 3. The largest absolute Gasteiger partial charge is 0.481 e. The molecule has 1 aliphatic rings. The quantitative estimate of drug-likeness (QED) is 0.717. The van der Waals surface area contributed by atoms with Crippen molar-refractivity contribution in [3.63, 3.8) is 0 Å². The monoisotopic (exact) mass is 225 g/mol. The molecular weight excluding hydrogens is 214 g/mol. The van der Waals surface area contributed by atoms with E-state index in [0.717, 1.165) is 0 Å². The Labute approximate surface area is 90.8 Å². The molecule has 8 heteroatoms. The lowest BCUT2D eigenvalue weighted by Crippen LogP contribution is -2.27. The van der Waals surface area contributed by atoms with Crippen LogP contribution in [-0.2, 0) is 16.1 Å². The number of nitrogens with zero attached hydrogens (tertiary/aromatic N) is 5. The Bertz CT molecular complexity index is 429. The van der Waals surface area contributed by atoms with Crippen molar-refractivity contribution in [2.75, 3.05) is 11.4 Å². The van der Waals surface area contributed by atoms with E-state index in [0.29, 0.717) is 6.54 Å². The number of aryl methyl sites for hydroxylation is 1. The highest BCUT2D eigenvalue weighted by Gasteiger charge is 2.37. The second kappa shape index (κ2) is 3.87. The summed E-state index contributed by atoms with van der Waals surface area (Å²) in [5, 5.41) is 20.2. The van der Waals surface area contributed by atoms with Gasteiger partial charge in [0.1, 0.15) is 0 Å². The third-order valence-electron chi connectivity index (χ3n) is 2.44. The zero-order valence-corrected chi connectivity index (χ0v) is 8.70. The van der Waals surface area contributed by atoms with Gasteiger partial charge in [0.15, 0.2) is 0 Å². The van der Waals surface area contributed by atoms with E-state index >= 15 is 0 Å². The van der Waals surface area contributed by atoms with Gasteiger partial charge in [-0.05, 0) is 12.1 Å². The van der Waals surface area contributed by atoms with Crippen molar-refractivity contribution < 1.29 is 14.7 Å². The molecule has 1 N–H and O–H groups in total. The second-order valence-electron chi connectivity index (χ2n) is 3.52. The highest BCUT2D eigenvalue weighted by Crippen LogP contribution is 2.21. The maximum absolute atomic E-state index is 11.5. The minimum absolute atomic E-state index is 0.00397. The summed E-state index contributed by atoms with van der Waals surface area (Å²) in [5.41, 5.74) is 0. The number of amides is 1. The summed E-state index contributed by atoms with van der Waals surface area (Å²) in [4.78, 5) is 24.9. The topological polar surface area (TPSA) is 101 Å². The van der Waals surface area contributed by atoms with Gasteiger partial charge in [-0.25, -0.2) is 0 Å². The fraction of sp³-hybridized carbons (Fsp3) is 0.625. The van der Waals surface area contributed by atoms with E-state index in [4.69, 9.17) is 5.11 Å². The molecular formula is C8H11N5O3. The molecule has 1 atom stereocenters. The lowest BCUT2D eigenvalue weighted by molar-refractivity contribution is -0.141. The summed E-state index contributed by atoms with van der Waals surface area (Å²) < 4.78 is 0. The molecule has 1 amide bonds. The minimum atomic E-state index is -0.973. The van der Waals surface area contributed by atoms with E-state index in [9.17, 15) is 9.59 Å². The predicted octanol–water partition coefficient (Wildman–Crippen LogP) is -0.869. The number of hydrogen-bond acceptors (Lipinski definition) is 5. The number of aromatic nitrogens is 4. The molecule has 16 heavy (non-hydrogen) atoms. The first kappa shape index (κ1) is 10.5. The zero-order valence-electron chi connectivity index (χ0n) is 8.70. The van der Waals surface area contributed by atoms with Crippen LogP contribution in [-0.4, -0.2) is 43.7 Å². The van der Waals surface area contributed by atoms with Crippen LogP contribution >= 0.6 is 0 Å². The third-order valence-corrected chi connectivity index (χ3v) is 2.44. The summed E-state index contributed by atoms with van der Waals surface area (Å²) >= 11 is 0. The standard InChI is InChI=1S/C8H11N5O3/c1-2-13-10-8(9-11-13)12-4-5(7(15)16)3-6(12)14/h5H,2-4H2,1H3,(H,15,16)/t5-/m1/s1. The number of carboxylic acids is 1. The van der Waals surface area contributed by atoms with Crippen molar-refractivity contribution >= 4 is 17.8 Å². The van der Waals surface area contributed by atoms with Gasteiger partial charge in [-0.3, -0.25) is 14.5 Å². The number of carbonyl (C=O) groups excluding carboxylic acids is 1. The second-order valence-corrected chi connectivity index (χ2v) is 3.52. The van der Waals surface area contributed by atoms with E-state index < -0.39 is 11.9 Å². The van der Waals surface area contributed by atoms with Crippen LogP contribution in [0.4, 0.5) is 5.95 Å². The lowest BCUT2D eigenvalue weighted by Gasteiger charge is -2.09. The average molecular weight is 225 g/mol. The molecule has 0 unspecified atom stereocenters. The van der Waals surface area contributed by atoms with Crippen LogP contribution in [0.25, 0.3) is 0 Å². The first-order chi connectivity index (χ1) is 7.61. The molecule has 1 aliphatic heterocycles. The molecule has 86 valence electrons. The number of carbonyl (C=O) groups is 2. The van der Waals surface area contributed by atoms with Crippen LogP contribution in [0.1, 0.15) is 13.3 Å². The molecule has 0 bridgehead atoms. The molecule has 0 spiro atoms. The summed E-state index contributed by atoms with van der Waals surface area (Å²) in [6.45, 7) is 2.51. The normalized spacial score (nSPS) is 20.4. The third kappa shape index (κ3) is 1.73. The van der Waals surface area contributed by atoms with Gasteiger partial charge in [0.2, 0.25) is 5.91 Å². The SMILES string of the molecule is CCn1nnc(N2C[C@H](C(=O)O)CC2=O)n1. The lowest BCUT2D eigenvalue weighted by atomic mass is 10.1. The number of hydrogen-bond donors (Lipinski definition) is 1. The smallest absolute Gasteiger partial charge is 0.308 e. The number of anilines is 1. The van der Waals surface area contributed by atoms with Gasteiger partial charge in [-0.1, -0.05) is 5.10 Å². The number of tetrazole rings is 1. The van der Waals surface area contributed by atoms with E-state index in [1.165, 1.54) is 9.70 Å². The molecule has 0 aromatic carbocycles. The summed E-state index contributed by atoms with van der Waals surface area (Å²) in [5.74, 6) is -1.75. The fourth-order valence-electron chi connectivity index (χ4n) is 1.54. The Balaban J connectivity index is 2.16. The van der Waals surface area contributed by atoms with Crippen molar-refractivity contribution in [3.8, 4) is 0 Å². The van der Waals surface area contributed by atoms with E-state index in [2.05, 4.69) is 15.4 Å². The molecule has 0 aliphatic carbocycles. The van der Waals surface area contributed by atoms with Crippen molar-refractivity contribution in [2.45, 2.75) is 19.9 Å².